The number of rotatable bonds is 11. The van der Waals surface area contributed by atoms with E-state index in [1.54, 1.807) is 43.5 Å². The number of likely N-dealkylation sites (N-methyl/N-ethyl adjacent to an activating group) is 1. The third-order valence-corrected chi connectivity index (χ3v) is 9.66. The van der Waals surface area contributed by atoms with Gasteiger partial charge in [-0.3, -0.25) is 9.59 Å². The van der Waals surface area contributed by atoms with Crippen molar-refractivity contribution in [3.05, 3.63) is 71.0 Å². The molecule has 1 saturated heterocycles. The zero-order chi connectivity index (χ0) is 32.8. The topological polar surface area (TPSA) is 181 Å². The maximum absolute atomic E-state index is 13.8. The molecule has 0 aromatic heterocycles. The van der Waals surface area contributed by atoms with Gasteiger partial charge in [0, 0.05) is 30.1 Å². The van der Waals surface area contributed by atoms with Crippen molar-refractivity contribution in [3.8, 4) is 11.5 Å². The number of carbonyl (C=O) groups excluding carboxylic acids is 3. The Morgan fingerprint density at radius 3 is 2.63 bits per heavy atom. The first-order chi connectivity index (χ1) is 22.0. The maximum atomic E-state index is 13.8. The quantitative estimate of drug-likeness (QED) is 0.259. The molecule has 1 spiro atoms. The van der Waals surface area contributed by atoms with Gasteiger partial charge in [-0.05, 0) is 44.1 Å². The summed E-state index contributed by atoms with van der Waals surface area (Å²) in [6.45, 7) is 0.487. The molecule has 13 heteroatoms. The molecule has 13 nitrogen and oxygen atoms in total. The predicted octanol–water partition coefficient (Wildman–Crippen LogP) is 1.14. The number of carboxylic acids is 1. The van der Waals surface area contributed by atoms with Crippen molar-refractivity contribution in [1.82, 2.24) is 10.2 Å². The van der Waals surface area contributed by atoms with Crippen molar-refractivity contribution in [1.29, 1.82) is 0 Å². The van der Waals surface area contributed by atoms with Gasteiger partial charge >= 0.3 is 17.9 Å². The second-order valence-electron chi connectivity index (χ2n) is 12.1. The minimum Gasteiger partial charge on any atom is -0.493 e. The Bertz CT molecular complexity index is 1590. The number of ether oxygens (including phenoxy) is 4. The predicted molar refractivity (Wildman–Crippen MR) is 159 cm³/mol. The van der Waals surface area contributed by atoms with Crippen LogP contribution >= 0.6 is 0 Å². The fourth-order valence-electron chi connectivity index (χ4n) is 7.47. The lowest BCUT2D eigenvalue weighted by atomic mass is 9.50. The standard InChI is InChI=1S/C33H36N2O11/c1-35-15-13-32-26-19-8-9-21(43-2)28(26)46-29(32)22(10-12-33(32,42)23(35)16-19)44-31(41)27(18-6-4-3-5-7-18)45-25(38)11-14-34-24(37)17-20(36)30(39)40/h3-10,20,23,27,29,36,42H,11-17H2,1-2H3,(H,34,37)(H,39,40)/t20-,23-,27+,29+,32+,33-/m0/s1. The average molecular weight is 637 g/mol. The zero-order valence-corrected chi connectivity index (χ0v) is 25.4. The van der Waals surface area contributed by atoms with Crippen LogP contribution in [0, 0.1) is 0 Å². The molecule has 1 amide bonds. The van der Waals surface area contributed by atoms with E-state index in [0.717, 1.165) is 11.1 Å². The van der Waals surface area contributed by atoms with E-state index in [2.05, 4.69) is 10.2 Å². The lowest BCUT2D eigenvalue weighted by Crippen LogP contribution is -2.74. The molecule has 2 aliphatic heterocycles. The molecule has 46 heavy (non-hydrogen) atoms. The van der Waals surface area contributed by atoms with E-state index in [1.807, 2.05) is 19.2 Å². The second kappa shape index (κ2) is 12.0. The van der Waals surface area contributed by atoms with Crippen LogP contribution in [0.5, 0.6) is 11.5 Å². The maximum Gasteiger partial charge on any atom is 0.357 e. The number of nitrogens with zero attached hydrogens (tertiary/aromatic N) is 1. The number of likely N-dealkylation sites (tertiary alicyclic amines) is 1. The van der Waals surface area contributed by atoms with Crippen LogP contribution in [0.3, 0.4) is 0 Å². The van der Waals surface area contributed by atoms with Crippen LogP contribution in [-0.2, 0) is 40.5 Å². The Hall–Kier alpha value is -4.46. The normalized spacial score (nSPS) is 26.8. The molecule has 1 fully saturated rings. The molecule has 4 N–H and O–H groups in total. The smallest absolute Gasteiger partial charge is 0.357 e. The first-order valence-electron chi connectivity index (χ1n) is 15.1. The van der Waals surface area contributed by atoms with E-state index >= 15 is 0 Å². The van der Waals surface area contributed by atoms with Gasteiger partial charge in [-0.25, -0.2) is 9.59 Å². The fourth-order valence-corrected chi connectivity index (χ4v) is 7.47. The number of carbonyl (C=O) groups is 4. The number of nitrogens with one attached hydrogen (secondary N) is 1. The van der Waals surface area contributed by atoms with Crippen LogP contribution in [0.4, 0.5) is 0 Å². The molecule has 4 aliphatic rings. The van der Waals surface area contributed by atoms with Crippen LogP contribution in [0.25, 0.3) is 0 Å². The Labute approximate surface area is 264 Å². The lowest BCUT2D eigenvalue weighted by molar-refractivity contribution is -0.176. The highest BCUT2D eigenvalue weighted by atomic mass is 16.6. The minimum absolute atomic E-state index is 0.182. The molecule has 2 heterocycles. The van der Waals surface area contributed by atoms with Crippen LogP contribution in [0.15, 0.2) is 54.3 Å². The van der Waals surface area contributed by atoms with Gasteiger partial charge < -0.3 is 44.5 Å². The number of methoxy groups -OCH3 is 1. The van der Waals surface area contributed by atoms with Crippen LogP contribution in [0.2, 0.25) is 0 Å². The summed E-state index contributed by atoms with van der Waals surface area (Å²) in [5.41, 5.74) is 0.206. The van der Waals surface area contributed by atoms with Crippen LogP contribution in [-0.4, -0.2) is 95.1 Å². The number of hydrogen-bond donors (Lipinski definition) is 4. The van der Waals surface area contributed by atoms with Crippen molar-refractivity contribution < 1.29 is 53.4 Å². The highest BCUT2D eigenvalue weighted by Crippen LogP contribution is 2.65. The molecule has 2 aromatic carbocycles. The molecule has 2 aliphatic carbocycles. The van der Waals surface area contributed by atoms with E-state index in [9.17, 15) is 29.4 Å². The highest BCUT2D eigenvalue weighted by Gasteiger charge is 2.72. The summed E-state index contributed by atoms with van der Waals surface area (Å²) in [5.74, 6) is -2.73. The van der Waals surface area contributed by atoms with Gasteiger partial charge in [0.05, 0.1) is 31.0 Å². The Kier molecular flexibility index (Phi) is 8.25. The van der Waals surface area contributed by atoms with E-state index in [0.29, 0.717) is 36.4 Å². The molecular weight excluding hydrogens is 600 g/mol. The Morgan fingerprint density at radius 2 is 1.91 bits per heavy atom. The fraction of sp³-hybridized carbons (Fsp3) is 0.455. The van der Waals surface area contributed by atoms with E-state index in [4.69, 9.17) is 24.1 Å². The summed E-state index contributed by atoms with van der Waals surface area (Å²) in [6, 6.07) is 12.0. The molecule has 6 rings (SSSR count). The number of aliphatic hydroxyl groups excluding tert-OH is 1. The van der Waals surface area contributed by atoms with Gasteiger partial charge in [-0.2, -0.15) is 0 Å². The van der Waals surface area contributed by atoms with Gasteiger partial charge in [-0.15, -0.1) is 0 Å². The zero-order valence-electron chi connectivity index (χ0n) is 25.4. The van der Waals surface area contributed by atoms with E-state index in [-0.39, 0.29) is 31.2 Å². The minimum atomic E-state index is -1.87. The summed E-state index contributed by atoms with van der Waals surface area (Å²) >= 11 is 0. The molecule has 0 saturated carbocycles. The molecule has 6 atom stereocenters. The van der Waals surface area contributed by atoms with Crippen molar-refractivity contribution in [2.75, 3.05) is 27.2 Å². The number of piperidine rings is 1. The molecular formula is C33H36N2O11. The van der Waals surface area contributed by atoms with Gasteiger partial charge in [0.15, 0.2) is 23.7 Å². The number of aliphatic hydroxyl groups is 2. The summed E-state index contributed by atoms with van der Waals surface area (Å²) in [7, 11) is 3.55. The third kappa shape index (κ3) is 5.08. The van der Waals surface area contributed by atoms with Crippen LogP contribution in [0.1, 0.15) is 48.5 Å². The number of hydrogen-bond acceptors (Lipinski definition) is 11. The van der Waals surface area contributed by atoms with Crippen molar-refractivity contribution in [2.24, 2.45) is 0 Å². The van der Waals surface area contributed by atoms with E-state index in [1.165, 1.54) is 0 Å². The number of benzene rings is 2. The Morgan fingerprint density at radius 1 is 1.15 bits per heavy atom. The van der Waals surface area contributed by atoms with Gasteiger partial charge in [0.2, 0.25) is 12.0 Å². The SMILES string of the molecule is COc1ccc2c3c1O[C@@H]1C(OC(=O)[C@H](OC(=O)CCNC(=O)C[C@H](O)C(=O)O)c4ccccc4)=CC[C@]4(O)[C@H](C2)N(C)CC[C@@]314. The third-order valence-electron chi connectivity index (χ3n) is 9.66. The largest absolute Gasteiger partial charge is 0.493 e. The molecule has 0 unspecified atom stereocenters. The second-order valence-corrected chi connectivity index (χ2v) is 12.1. The van der Waals surface area contributed by atoms with Crippen molar-refractivity contribution in [2.45, 2.75) is 67.5 Å². The monoisotopic (exact) mass is 636 g/mol. The molecule has 0 radical (unpaired) electrons. The van der Waals surface area contributed by atoms with Crippen molar-refractivity contribution >= 4 is 23.8 Å². The number of esters is 2. The molecule has 244 valence electrons. The summed E-state index contributed by atoms with van der Waals surface area (Å²) in [6.07, 6.45) is -2.08. The lowest BCUT2D eigenvalue weighted by Gasteiger charge is -2.61. The molecule has 2 bridgehead atoms. The molecule has 2 aromatic rings. The van der Waals surface area contributed by atoms with Gasteiger partial charge in [-0.1, -0.05) is 36.4 Å². The highest BCUT2D eigenvalue weighted by molar-refractivity contribution is 5.84. The van der Waals surface area contributed by atoms with Crippen LogP contribution < -0.4 is 14.8 Å². The summed E-state index contributed by atoms with van der Waals surface area (Å²) < 4.78 is 23.8. The number of aliphatic carboxylic acids is 1. The van der Waals surface area contributed by atoms with Gasteiger partial charge in [0.1, 0.15) is 5.76 Å². The summed E-state index contributed by atoms with van der Waals surface area (Å²) in [4.78, 5) is 51.5. The Balaban J connectivity index is 1.23. The first-order valence-corrected chi connectivity index (χ1v) is 15.1. The number of amides is 1. The van der Waals surface area contributed by atoms with Crippen molar-refractivity contribution in [3.63, 3.8) is 0 Å². The van der Waals surface area contributed by atoms with E-state index < -0.39 is 59.6 Å². The summed E-state index contributed by atoms with van der Waals surface area (Å²) in [5, 5.41) is 32.9. The van der Waals surface area contributed by atoms with Gasteiger partial charge in [0.25, 0.3) is 0 Å². The number of carboxylic acid groups (broad SMARTS) is 1. The average Bonchev–Trinajstić information content (AvgIpc) is 3.39. The first kappa shape index (κ1) is 31.5.